The minimum Gasteiger partial charge on any atom is -0.322 e. The topological polar surface area (TPSA) is 63.2 Å². The lowest BCUT2D eigenvalue weighted by Crippen LogP contribution is -2.21. The van der Waals surface area contributed by atoms with Crippen LogP contribution in [0.15, 0.2) is 66.7 Å². The first-order valence-corrected chi connectivity index (χ1v) is 8.32. The average Bonchev–Trinajstić information content (AvgIpc) is 2.66. The predicted molar refractivity (Wildman–Crippen MR) is 99.2 cm³/mol. The van der Waals surface area contributed by atoms with Crippen LogP contribution >= 0.6 is 11.6 Å². The van der Waals surface area contributed by atoms with E-state index in [-0.39, 0.29) is 23.0 Å². The van der Waals surface area contributed by atoms with E-state index in [1.165, 1.54) is 6.07 Å². The first kappa shape index (κ1) is 16.2. The number of ketones is 2. The van der Waals surface area contributed by atoms with Gasteiger partial charge in [-0.15, -0.1) is 0 Å². The Kier molecular flexibility index (Phi) is 3.90. The minimum atomic E-state index is -0.384. The lowest BCUT2D eigenvalue weighted by atomic mass is 9.84. The number of benzene rings is 3. The Balaban J connectivity index is 1.70. The molecular weight excluding hydrogens is 350 g/mol. The number of anilines is 1. The fourth-order valence-corrected chi connectivity index (χ4v) is 3.24. The van der Waals surface area contributed by atoms with Crippen molar-refractivity contribution in [3.63, 3.8) is 0 Å². The van der Waals surface area contributed by atoms with Crippen LogP contribution in [0.25, 0.3) is 0 Å². The molecule has 126 valence electrons. The Bertz CT molecular complexity index is 1090. The molecule has 0 heterocycles. The summed E-state index contributed by atoms with van der Waals surface area (Å²) in [5, 5.41) is 3.06. The summed E-state index contributed by atoms with van der Waals surface area (Å²) >= 11 is 6.04. The van der Waals surface area contributed by atoms with Gasteiger partial charge < -0.3 is 5.32 Å². The molecule has 0 aromatic heterocycles. The van der Waals surface area contributed by atoms with Gasteiger partial charge in [0.05, 0.1) is 10.6 Å². The lowest BCUT2D eigenvalue weighted by Gasteiger charge is -2.18. The second kappa shape index (κ2) is 6.24. The Morgan fingerprint density at radius 2 is 1.31 bits per heavy atom. The Morgan fingerprint density at radius 3 is 2.00 bits per heavy atom. The Hall–Kier alpha value is -3.24. The van der Waals surface area contributed by atoms with Crippen molar-refractivity contribution in [2.45, 2.75) is 0 Å². The fraction of sp³-hybridized carbons (Fsp3) is 0. The van der Waals surface area contributed by atoms with E-state index in [4.69, 9.17) is 11.6 Å². The first-order valence-electron chi connectivity index (χ1n) is 7.94. The highest BCUT2D eigenvalue weighted by Crippen LogP contribution is 2.29. The van der Waals surface area contributed by atoms with Gasteiger partial charge in [0, 0.05) is 27.9 Å². The van der Waals surface area contributed by atoms with Gasteiger partial charge in [0.1, 0.15) is 0 Å². The van der Waals surface area contributed by atoms with Crippen LogP contribution in [-0.2, 0) is 0 Å². The molecule has 0 radical (unpaired) electrons. The van der Waals surface area contributed by atoms with Crippen LogP contribution in [0.1, 0.15) is 42.2 Å². The van der Waals surface area contributed by atoms with E-state index >= 15 is 0 Å². The zero-order valence-electron chi connectivity index (χ0n) is 13.5. The first-order chi connectivity index (χ1) is 12.6. The lowest BCUT2D eigenvalue weighted by molar-refractivity contribution is 0.0979. The summed E-state index contributed by atoms with van der Waals surface area (Å²) in [6, 6.07) is 18.1. The molecule has 4 rings (SSSR count). The van der Waals surface area contributed by atoms with Crippen LogP contribution in [0.2, 0.25) is 5.02 Å². The normalized spacial score (nSPS) is 12.3. The van der Waals surface area contributed by atoms with E-state index < -0.39 is 0 Å². The molecule has 0 bridgehead atoms. The van der Waals surface area contributed by atoms with Crippen molar-refractivity contribution in [3.8, 4) is 0 Å². The molecule has 0 saturated carbocycles. The smallest absolute Gasteiger partial charge is 0.257 e. The molecule has 0 aliphatic heterocycles. The summed E-state index contributed by atoms with van der Waals surface area (Å²) in [5.41, 5.74) is 2.15. The van der Waals surface area contributed by atoms with Crippen molar-refractivity contribution in [3.05, 3.63) is 99.6 Å². The van der Waals surface area contributed by atoms with Gasteiger partial charge in [0.15, 0.2) is 11.6 Å². The second-order valence-corrected chi connectivity index (χ2v) is 6.31. The van der Waals surface area contributed by atoms with Crippen molar-refractivity contribution in [2.75, 3.05) is 5.32 Å². The van der Waals surface area contributed by atoms with Crippen LogP contribution in [0.3, 0.4) is 0 Å². The summed E-state index contributed by atoms with van der Waals surface area (Å²) < 4.78 is 0. The van der Waals surface area contributed by atoms with Gasteiger partial charge in [-0.2, -0.15) is 0 Å². The quantitative estimate of drug-likeness (QED) is 0.576. The summed E-state index contributed by atoms with van der Waals surface area (Å²) in [6.45, 7) is 0. The van der Waals surface area contributed by atoms with E-state index in [1.807, 2.05) is 0 Å². The molecule has 1 amide bonds. The third kappa shape index (κ3) is 2.61. The number of amides is 1. The zero-order valence-corrected chi connectivity index (χ0v) is 14.2. The van der Waals surface area contributed by atoms with E-state index in [0.717, 1.165) is 0 Å². The molecule has 0 atom stereocenters. The van der Waals surface area contributed by atoms with Crippen molar-refractivity contribution in [1.82, 2.24) is 0 Å². The van der Waals surface area contributed by atoms with Gasteiger partial charge in [0.2, 0.25) is 0 Å². The summed E-state index contributed by atoms with van der Waals surface area (Å²) in [6.07, 6.45) is 0. The molecule has 3 aromatic rings. The second-order valence-electron chi connectivity index (χ2n) is 5.90. The number of carbonyl (C=O) groups excluding carboxylic acids is 3. The van der Waals surface area contributed by atoms with Gasteiger partial charge in [0.25, 0.3) is 5.91 Å². The van der Waals surface area contributed by atoms with E-state index in [1.54, 1.807) is 60.7 Å². The zero-order chi connectivity index (χ0) is 18.3. The molecule has 1 aliphatic rings. The number of hydrogen-bond acceptors (Lipinski definition) is 3. The molecule has 26 heavy (non-hydrogen) atoms. The number of carbonyl (C=O) groups is 3. The maximum Gasteiger partial charge on any atom is 0.257 e. The minimum absolute atomic E-state index is 0.195. The Labute approximate surface area is 154 Å². The Morgan fingerprint density at radius 1 is 0.731 bits per heavy atom. The monoisotopic (exact) mass is 361 g/mol. The molecule has 0 unspecified atom stereocenters. The van der Waals surface area contributed by atoms with Crippen molar-refractivity contribution < 1.29 is 14.4 Å². The van der Waals surface area contributed by atoms with E-state index in [2.05, 4.69) is 5.32 Å². The number of hydrogen-bond donors (Lipinski definition) is 1. The fourth-order valence-electron chi connectivity index (χ4n) is 3.02. The maximum absolute atomic E-state index is 12.7. The average molecular weight is 362 g/mol. The highest BCUT2D eigenvalue weighted by atomic mass is 35.5. The highest BCUT2D eigenvalue weighted by Gasteiger charge is 2.29. The van der Waals surface area contributed by atoms with Crippen molar-refractivity contribution in [2.24, 2.45) is 0 Å². The number of rotatable bonds is 2. The van der Waals surface area contributed by atoms with Crippen LogP contribution < -0.4 is 5.32 Å². The van der Waals surface area contributed by atoms with Crippen molar-refractivity contribution >= 4 is 34.8 Å². The van der Waals surface area contributed by atoms with Gasteiger partial charge in [-0.05, 0) is 30.3 Å². The van der Waals surface area contributed by atoms with Gasteiger partial charge >= 0.3 is 0 Å². The molecule has 1 N–H and O–H groups in total. The molecule has 4 nitrogen and oxygen atoms in total. The van der Waals surface area contributed by atoms with Gasteiger partial charge in [-0.3, -0.25) is 14.4 Å². The summed E-state index contributed by atoms with van der Waals surface area (Å²) in [5.74, 6) is -0.811. The number of fused-ring (bicyclic) bond motifs is 2. The molecule has 3 aromatic carbocycles. The molecule has 1 aliphatic carbocycles. The SMILES string of the molecule is O=C(Nc1ccc2c(c1)C(=O)c1ccccc1C2=O)c1ccccc1Cl. The largest absolute Gasteiger partial charge is 0.322 e. The molecule has 0 spiro atoms. The van der Waals surface area contributed by atoms with Crippen molar-refractivity contribution in [1.29, 1.82) is 0 Å². The number of nitrogens with one attached hydrogen (secondary N) is 1. The standard InChI is InChI=1S/C21H12ClNO3/c22-18-8-4-3-7-16(18)21(26)23-12-9-10-15-17(11-12)20(25)14-6-2-1-5-13(14)19(15)24/h1-11H,(H,23,26). The molecule has 0 saturated heterocycles. The molecule has 0 fully saturated rings. The van der Waals surface area contributed by atoms with Crippen LogP contribution in [-0.4, -0.2) is 17.5 Å². The van der Waals surface area contributed by atoms with Gasteiger partial charge in [-0.25, -0.2) is 0 Å². The van der Waals surface area contributed by atoms with Crippen LogP contribution in [0.4, 0.5) is 5.69 Å². The molecular formula is C21H12ClNO3. The predicted octanol–water partition coefficient (Wildman–Crippen LogP) is 4.37. The maximum atomic E-state index is 12.7. The van der Waals surface area contributed by atoms with E-state index in [0.29, 0.717) is 33.0 Å². The summed E-state index contributed by atoms with van der Waals surface area (Å²) in [7, 11) is 0. The third-order valence-electron chi connectivity index (χ3n) is 4.30. The van der Waals surface area contributed by atoms with E-state index in [9.17, 15) is 14.4 Å². The van der Waals surface area contributed by atoms with Crippen LogP contribution in [0, 0.1) is 0 Å². The molecule has 5 heteroatoms. The number of halogens is 1. The third-order valence-corrected chi connectivity index (χ3v) is 4.63. The summed E-state index contributed by atoms with van der Waals surface area (Å²) in [4.78, 5) is 37.7. The van der Waals surface area contributed by atoms with Crippen LogP contribution in [0.5, 0.6) is 0 Å². The van der Waals surface area contributed by atoms with Gasteiger partial charge in [-0.1, -0.05) is 48.0 Å². The highest BCUT2D eigenvalue weighted by molar-refractivity contribution is 6.34.